The van der Waals surface area contributed by atoms with Gasteiger partial charge in [0.25, 0.3) is 0 Å². The minimum Gasteiger partial charge on any atom is -0.322 e. The van der Waals surface area contributed by atoms with E-state index in [1.165, 1.54) is 31.7 Å². The molecule has 1 aliphatic rings. The van der Waals surface area contributed by atoms with Gasteiger partial charge >= 0.3 is 0 Å². The molecule has 0 bridgehead atoms. The molecule has 0 aliphatic carbocycles. The molecule has 1 saturated heterocycles. The van der Waals surface area contributed by atoms with Crippen LogP contribution in [0.2, 0.25) is 0 Å². The summed E-state index contributed by atoms with van der Waals surface area (Å²) in [6.45, 7) is 12.8. The van der Waals surface area contributed by atoms with Crippen LogP contribution in [0.5, 0.6) is 0 Å². The molecule has 1 fully saturated rings. The van der Waals surface area contributed by atoms with Gasteiger partial charge in [-0.2, -0.15) is 0 Å². The zero-order chi connectivity index (χ0) is 18.2. The number of benzene rings is 1. The van der Waals surface area contributed by atoms with Gasteiger partial charge in [-0.1, -0.05) is 50.3 Å². The molecule has 0 spiro atoms. The lowest BCUT2D eigenvalue weighted by atomic mass is 10.1. The maximum atomic E-state index is 4.44. The first-order valence-corrected chi connectivity index (χ1v) is 9.90. The van der Waals surface area contributed by atoms with E-state index in [0.29, 0.717) is 6.04 Å². The van der Waals surface area contributed by atoms with E-state index >= 15 is 0 Å². The highest BCUT2D eigenvalue weighted by atomic mass is 15.5. The molecule has 26 heavy (non-hydrogen) atoms. The molecule has 0 radical (unpaired) electrons. The van der Waals surface area contributed by atoms with Crippen LogP contribution < -0.4 is 9.80 Å². The Bertz CT molecular complexity index is 660. The average Bonchev–Trinajstić information content (AvgIpc) is 3.14. The van der Waals surface area contributed by atoms with Crippen molar-refractivity contribution < 1.29 is 9.80 Å². The highest BCUT2D eigenvalue weighted by molar-refractivity contribution is 5.14. The number of tetrazole rings is 1. The van der Waals surface area contributed by atoms with Gasteiger partial charge in [-0.3, -0.25) is 0 Å². The summed E-state index contributed by atoms with van der Waals surface area (Å²) < 4.78 is 2.03. The summed E-state index contributed by atoms with van der Waals surface area (Å²) >= 11 is 0. The normalized spacial score (nSPS) is 21.4. The van der Waals surface area contributed by atoms with Crippen molar-refractivity contribution in [1.82, 2.24) is 20.2 Å². The Labute approximate surface area is 156 Å². The third kappa shape index (κ3) is 4.77. The van der Waals surface area contributed by atoms with E-state index < -0.39 is 0 Å². The van der Waals surface area contributed by atoms with Gasteiger partial charge in [0.2, 0.25) is 5.82 Å². The summed E-state index contributed by atoms with van der Waals surface area (Å²) in [6.07, 6.45) is 5.29. The second-order valence-corrected chi connectivity index (χ2v) is 7.24. The first-order valence-electron chi connectivity index (χ1n) is 9.90. The van der Waals surface area contributed by atoms with E-state index in [2.05, 4.69) is 59.4 Å². The van der Waals surface area contributed by atoms with Crippen molar-refractivity contribution in [3.63, 3.8) is 0 Å². The number of nitrogens with zero attached hydrogens (tertiary/aromatic N) is 4. The third-order valence-electron chi connectivity index (χ3n) is 5.43. The fourth-order valence-corrected chi connectivity index (χ4v) is 3.99. The van der Waals surface area contributed by atoms with Gasteiger partial charge in [0, 0.05) is 13.0 Å². The van der Waals surface area contributed by atoms with Gasteiger partial charge in [0.1, 0.15) is 32.2 Å². The molecule has 2 heterocycles. The number of hydrogen-bond acceptors (Lipinski definition) is 3. The molecule has 0 amide bonds. The van der Waals surface area contributed by atoms with Crippen molar-refractivity contribution in [2.24, 2.45) is 0 Å². The molecule has 0 saturated carbocycles. The maximum Gasteiger partial charge on any atom is 0.209 e. The number of aryl methyl sites for hydroxylation is 2. The zero-order valence-electron chi connectivity index (χ0n) is 15.9. The summed E-state index contributed by atoms with van der Waals surface area (Å²) in [5, 5.41) is 12.7. The maximum absolute atomic E-state index is 4.44. The molecule has 3 rings (SSSR count). The van der Waals surface area contributed by atoms with Gasteiger partial charge in [0.05, 0.1) is 6.54 Å². The first kappa shape index (κ1) is 18.7. The van der Waals surface area contributed by atoms with Crippen LogP contribution in [-0.4, -0.2) is 52.9 Å². The fourth-order valence-electron chi connectivity index (χ4n) is 3.99. The quantitative estimate of drug-likeness (QED) is 0.608. The average molecular weight is 357 g/mol. The minimum atomic E-state index is 0.399. The van der Waals surface area contributed by atoms with Crippen LogP contribution in [-0.2, 0) is 13.0 Å². The Morgan fingerprint density at radius 3 is 2.65 bits per heavy atom. The fraction of sp³-hybridized carbons (Fsp3) is 0.550. The Balaban J connectivity index is 1.67. The number of nitrogens with one attached hydrogen (secondary N) is 2. The van der Waals surface area contributed by atoms with Crippen molar-refractivity contribution >= 4 is 0 Å². The molecule has 6 nitrogen and oxygen atoms in total. The van der Waals surface area contributed by atoms with Crippen LogP contribution in [0.4, 0.5) is 0 Å². The molecule has 0 unspecified atom stereocenters. The lowest BCUT2D eigenvalue weighted by Gasteiger charge is -2.33. The smallest absolute Gasteiger partial charge is 0.209 e. The van der Waals surface area contributed by atoms with Crippen molar-refractivity contribution in [3.05, 3.63) is 54.4 Å². The predicted octanol–water partition coefficient (Wildman–Crippen LogP) is -0.274. The van der Waals surface area contributed by atoms with E-state index in [9.17, 15) is 0 Å². The molecule has 1 aromatic heterocycles. The predicted molar refractivity (Wildman–Crippen MR) is 102 cm³/mol. The van der Waals surface area contributed by atoms with Crippen LogP contribution in [0.15, 0.2) is 43.0 Å². The van der Waals surface area contributed by atoms with Gasteiger partial charge in [0.15, 0.2) is 0 Å². The van der Waals surface area contributed by atoms with Crippen molar-refractivity contribution in [1.29, 1.82) is 0 Å². The molecule has 1 aromatic carbocycles. The lowest BCUT2D eigenvalue weighted by Crippen LogP contribution is -3.28. The second-order valence-electron chi connectivity index (χ2n) is 7.24. The molecule has 2 aromatic rings. The Morgan fingerprint density at radius 2 is 1.96 bits per heavy atom. The Hall–Kier alpha value is -2.05. The molecule has 1 aliphatic heterocycles. The van der Waals surface area contributed by atoms with Gasteiger partial charge in [-0.05, 0) is 28.5 Å². The first-order chi connectivity index (χ1) is 12.8. The highest BCUT2D eigenvalue weighted by Crippen LogP contribution is 2.13. The zero-order valence-corrected chi connectivity index (χ0v) is 15.9. The molecule has 140 valence electrons. The number of aromatic nitrogens is 4. The van der Waals surface area contributed by atoms with Crippen LogP contribution >= 0.6 is 0 Å². The van der Waals surface area contributed by atoms with Crippen LogP contribution in [0.3, 0.4) is 0 Å². The van der Waals surface area contributed by atoms with Gasteiger partial charge < -0.3 is 9.80 Å². The summed E-state index contributed by atoms with van der Waals surface area (Å²) in [6, 6.07) is 11.0. The van der Waals surface area contributed by atoms with E-state index in [4.69, 9.17) is 0 Å². The van der Waals surface area contributed by atoms with Crippen LogP contribution in [0.25, 0.3) is 0 Å². The number of piperazine rings is 1. The number of rotatable bonds is 9. The van der Waals surface area contributed by atoms with E-state index in [1.807, 2.05) is 10.8 Å². The molecular formula is C20H32N6+2. The monoisotopic (exact) mass is 356 g/mol. The molecular weight excluding hydrogens is 324 g/mol. The van der Waals surface area contributed by atoms with E-state index in [1.54, 1.807) is 9.80 Å². The molecule has 1 atom stereocenters. The Kier molecular flexibility index (Phi) is 6.91. The largest absolute Gasteiger partial charge is 0.322 e. The minimum absolute atomic E-state index is 0.399. The molecule has 6 heteroatoms. The van der Waals surface area contributed by atoms with Crippen molar-refractivity contribution in [3.8, 4) is 0 Å². The number of quaternary nitrogens is 2. The topological polar surface area (TPSA) is 52.5 Å². The van der Waals surface area contributed by atoms with E-state index in [-0.39, 0.29) is 0 Å². The summed E-state index contributed by atoms with van der Waals surface area (Å²) in [4.78, 5) is 3.28. The summed E-state index contributed by atoms with van der Waals surface area (Å²) in [5.41, 5.74) is 1.33. The van der Waals surface area contributed by atoms with Gasteiger partial charge in [-0.25, -0.2) is 4.68 Å². The summed E-state index contributed by atoms with van der Waals surface area (Å²) in [7, 11) is 0. The second kappa shape index (κ2) is 9.59. The van der Waals surface area contributed by atoms with Crippen molar-refractivity contribution in [2.45, 2.75) is 38.8 Å². The van der Waals surface area contributed by atoms with Crippen molar-refractivity contribution in [2.75, 3.05) is 32.7 Å². The Morgan fingerprint density at radius 1 is 1.19 bits per heavy atom. The van der Waals surface area contributed by atoms with Crippen LogP contribution in [0, 0.1) is 0 Å². The SMILES string of the molecule is C=CC[NH+]1CC[NH+]([C@H](CCC)c2nnnn2CCc2ccccc2)CC1. The standard InChI is InChI=1S/C20H30N6/c1-3-8-19(25-16-14-24(12-4-2)15-17-25)20-21-22-23-26(20)13-11-18-9-6-5-7-10-18/h4-7,9-10,19H,2-3,8,11-17H2,1H3/p+2/t19-/m1/s1. The van der Waals surface area contributed by atoms with E-state index in [0.717, 1.165) is 38.2 Å². The van der Waals surface area contributed by atoms with Crippen LogP contribution in [0.1, 0.15) is 37.2 Å². The van der Waals surface area contributed by atoms with Gasteiger partial charge in [-0.15, -0.1) is 5.10 Å². The lowest BCUT2D eigenvalue weighted by molar-refractivity contribution is -1.03. The third-order valence-corrected chi connectivity index (χ3v) is 5.43. The summed E-state index contributed by atoms with van der Waals surface area (Å²) in [5.74, 6) is 1.06. The molecule has 2 N–H and O–H groups in total. The highest BCUT2D eigenvalue weighted by Gasteiger charge is 2.33. The number of hydrogen-bond donors (Lipinski definition) is 2.